The Morgan fingerprint density at radius 1 is 1.14 bits per heavy atom. The minimum Gasteiger partial charge on any atom is -0.461 e. The molecular weight excluding hydrogens is 366 g/mol. The molecule has 152 valence electrons. The summed E-state index contributed by atoms with van der Waals surface area (Å²) < 4.78 is 5.33. The number of hydrogen-bond donors (Lipinski definition) is 2. The number of hydrogen-bond acceptors (Lipinski definition) is 5. The molecule has 0 saturated carbocycles. The number of benzene rings is 1. The Kier molecular flexibility index (Phi) is 6.09. The molecule has 0 unspecified atom stereocenters. The molecule has 0 radical (unpaired) electrons. The monoisotopic (exact) mass is 393 g/mol. The van der Waals surface area contributed by atoms with E-state index in [1.165, 1.54) is 5.69 Å². The van der Waals surface area contributed by atoms with Crippen LogP contribution in [0.3, 0.4) is 0 Å². The molecule has 4 rings (SSSR count). The Bertz CT molecular complexity index is 896. The summed E-state index contributed by atoms with van der Waals surface area (Å²) in [6, 6.07) is 14.3. The van der Waals surface area contributed by atoms with Crippen LogP contribution in [0.4, 0.5) is 5.69 Å². The van der Waals surface area contributed by atoms with E-state index in [0.717, 1.165) is 44.5 Å². The number of guanidine groups is 1. The van der Waals surface area contributed by atoms with Crippen molar-refractivity contribution < 1.29 is 4.42 Å². The lowest BCUT2D eigenvalue weighted by atomic mass is 10.2. The number of aromatic amines is 1. The topological polar surface area (TPSA) is 85.6 Å². The van der Waals surface area contributed by atoms with Crippen LogP contribution >= 0.6 is 0 Å². The molecule has 3 heterocycles. The zero-order valence-electron chi connectivity index (χ0n) is 16.7. The van der Waals surface area contributed by atoms with Gasteiger partial charge in [0.05, 0.1) is 6.26 Å². The standard InChI is InChI=1S/C21H27N7O/c1-2-22-21(28-14-12-27(13-15-28)17-7-4-3-5-8-17)23-11-10-19-24-20(26-25-19)18-9-6-16-29-18/h3-9,16H,2,10-15H2,1H3,(H,22,23)(H,24,25,26). The van der Waals surface area contributed by atoms with Gasteiger partial charge in [0, 0.05) is 51.4 Å². The van der Waals surface area contributed by atoms with Gasteiger partial charge in [-0.3, -0.25) is 10.1 Å². The average Bonchev–Trinajstić information content (AvgIpc) is 3.46. The van der Waals surface area contributed by atoms with Gasteiger partial charge in [-0.25, -0.2) is 4.98 Å². The molecule has 29 heavy (non-hydrogen) atoms. The number of nitrogens with one attached hydrogen (secondary N) is 2. The van der Waals surface area contributed by atoms with Gasteiger partial charge < -0.3 is 19.5 Å². The molecule has 1 fully saturated rings. The number of para-hydroxylation sites is 1. The lowest BCUT2D eigenvalue weighted by Gasteiger charge is -2.37. The number of furan rings is 1. The number of aliphatic imine (C=N–C) groups is 1. The first-order chi connectivity index (χ1) is 14.3. The quantitative estimate of drug-likeness (QED) is 0.494. The molecule has 1 aliphatic rings. The first-order valence-corrected chi connectivity index (χ1v) is 10.1. The molecule has 1 aromatic carbocycles. The summed E-state index contributed by atoms with van der Waals surface area (Å²) in [5.41, 5.74) is 1.28. The minimum atomic E-state index is 0.581. The fourth-order valence-electron chi connectivity index (χ4n) is 3.43. The van der Waals surface area contributed by atoms with Crippen LogP contribution in [-0.4, -0.2) is 65.3 Å². The van der Waals surface area contributed by atoms with Crippen LogP contribution in [0.2, 0.25) is 0 Å². The van der Waals surface area contributed by atoms with E-state index in [-0.39, 0.29) is 0 Å². The van der Waals surface area contributed by atoms with Gasteiger partial charge in [0.1, 0.15) is 5.82 Å². The average molecular weight is 393 g/mol. The third-order valence-corrected chi connectivity index (χ3v) is 4.92. The number of piperazine rings is 1. The van der Waals surface area contributed by atoms with Crippen molar-refractivity contribution in [3.8, 4) is 11.6 Å². The van der Waals surface area contributed by atoms with Gasteiger partial charge in [0.15, 0.2) is 11.7 Å². The van der Waals surface area contributed by atoms with E-state index in [1.807, 2.05) is 12.1 Å². The lowest BCUT2D eigenvalue weighted by molar-refractivity contribution is 0.372. The Morgan fingerprint density at radius 2 is 1.97 bits per heavy atom. The van der Waals surface area contributed by atoms with Gasteiger partial charge in [-0.2, -0.15) is 5.10 Å². The predicted octanol–water partition coefficient (Wildman–Crippen LogP) is 2.39. The summed E-state index contributed by atoms with van der Waals surface area (Å²) in [6.07, 6.45) is 2.32. The second-order valence-corrected chi connectivity index (χ2v) is 6.88. The molecule has 1 aliphatic heterocycles. The number of anilines is 1. The maximum Gasteiger partial charge on any atom is 0.216 e. The molecule has 8 heteroatoms. The van der Waals surface area contributed by atoms with E-state index in [9.17, 15) is 0 Å². The first kappa shape index (κ1) is 19.0. The highest BCUT2D eigenvalue weighted by molar-refractivity contribution is 5.80. The lowest BCUT2D eigenvalue weighted by Crippen LogP contribution is -2.52. The van der Waals surface area contributed by atoms with Gasteiger partial charge in [0.25, 0.3) is 0 Å². The maximum absolute atomic E-state index is 5.33. The van der Waals surface area contributed by atoms with Crippen molar-refractivity contribution in [2.75, 3.05) is 44.2 Å². The van der Waals surface area contributed by atoms with Gasteiger partial charge in [0.2, 0.25) is 5.82 Å². The Labute approximate surface area is 170 Å². The fourth-order valence-corrected chi connectivity index (χ4v) is 3.43. The molecule has 1 saturated heterocycles. The minimum absolute atomic E-state index is 0.581. The van der Waals surface area contributed by atoms with Crippen molar-refractivity contribution in [1.82, 2.24) is 25.4 Å². The van der Waals surface area contributed by atoms with E-state index in [1.54, 1.807) is 6.26 Å². The van der Waals surface area contributed by atoms with Crippen LogP contribution in [0.15, 0.2) is 58.1 Å². The molecule has 0 atom stereocenters. The summed E-state index contributed by atoms with van der Waals surface area (Å²) in [6.45, 7) is 7.47. The molecular formula is C21H27N7O. The number of nitrogens with zero attached hydrogens (tertiary/aromatic N) is 5. The van der Waals surface area contributed by atoms with Gasteiger partial charge in [-0.1, -0.05) is 18.2 Å². The number of aromatic nitrogens is 3. The normalized spacial score (nSPS) is 15.0. The molecule has 2 aromatic heterocycles. The molecule has 3 aromatic rings. The zero-order valence-corrected chi connectivity index (χ0v) is 16.7. The van der Waals surface area contributed by atoms with Crippen molar-refractivity contribution >= 4 is 11.6 Å². The van der Waals surface area contributed by atoms with Crippen LogP contribution in [0, 0.1) is 0 Å². The third-order valence-electron chi connectivity index (χ3n) is 4.92. The maximum atomic E-state index is 5.33. The highest BCUT2D eigenvalue weighted by Gasteiger charge is 2.19. The van der Waals surface area contributed by atoms with Gasteiger partial charge >= 0.3 is 0 Å². The van der Waals surface area contributed by atoms with Crippen molar-refractivity contribution in [2.24, 2.45) is 4.99 Å². The van der Waals surface area contributed by atoms with Crippen LogP contribution in [0.25, 0.3) is 11.6 Å². The molecule has 2 N–H and O–H groups in total. The smallest absolute Gasteiger partial charge is 0.216 e. The van der Waals surface area contributed by atoms with E-state index < -0.39 is 0 Å². The fraction of sp³-hybridized carbons (Fsp3) is 0.381. The van der Waals surface area contributed by atoms with E-state index >= 15 is 0 Å². The van der Waals surface area contributed by atoms with E-state index in [2.05, 4.69) is 67.6 Å². The number of rotatable bonds is 6. The van der Waals surface area contributed by atoms with Crippen LogP contribution in [0.5, 0.6) is 0 Å². The predicted molar refractivity (Wildman–Crippen MR) is 114 cm³/mol. The second-order valence-electron chi connectivity index (χ2n) is 6.88. The highest BCUT2D eigenvalue weighted by Crippen LogP contribution is 2.16. The third kappa shape index (κ3) is 4.77. The molecule has 0 amide bonds. The van der Waals surface area contributed by atoms with Crippen LogP contribution in [-0.2, 0) is 6.42 Å². The van der Waals surface area contributed by atoms with Gasteiger partial charge in [-0.05, 0) is 31.2 Å². The summed E-state index contributed by atoms with van der Waals surface area (Å²) in [5.74, 6) is 3.02. The van der Waals surface area contributed by atoms with Crippen molar-refractivity contribution in [3.63, 3.8) is 0 Å². The second kappa shape index (κ2) is 9.27. The summed E-state index contributed by atoms with van der Waals surface area (Å²) >= 11 is 0. The Morgan fingerprint density at radius 3 is 2.69 bits per heavy atom. The van der Waals surface area contributed by atoms with Gasteiger partial charge in [-0.15, -0.1) is 0 Å². The number of H-pyrrole nitrogens is 1. The highest BCUT2D eigenvalue weighted by atomic mass is 16.3. The van der Waals surface area contributed by atoms with E-state index in [4.69, 9.17) is 9.41 Å². The molecule has 0 bridgehead atoms. The van der Waals surface area contributed by atoms with Crippen LogP contribution in [0.1, 0.15) is 12.7 Å². The zero-order chi connectivity index (χ0) is 19.9. The van der Waals surface area contributed by atoms with Crippen LogP contribution < -0.4 is 10.2 Å². The van der Waals surface area contributed by atoms with E-state index in [0.29, 0.717) is 24.6 Å². The summed E-state index contributed by atoms with van der Waals surface area (Å²) in [5, 5.41) is 10.6. The first-order valence-electron chi connectivity index (χ1n) is 10.1. The van der Waals surface area contributed by atoms with Crippen molar-refractivity contribution in [2.45, 2.75) is 13.3 Å². The molecule has 0 aliphatic carbocycles. The summed E-state index contributed by atoms with van der Waals surface area (Å²) in [4.78, 5) is 14.0. The Balaban J connectivity index is 1.32. The Hall–Kier alpha value is -3.29. The largest absolute Gasteiger partial charge is 0.461 e. The van der Waals surface area contributed by atoms with Crippen molar-refractivity contribution in [1.29, 1.82) is 0 Å². The van der Waals surface area contributed by atoms with Crippen molar-refractivity contribution in [3.05, 3.63) is 54.6 Å². The molecule has 8 nitrogen and oxygen atoms in total. The SMILES string of the molecule is CCNC(=NCCc1nc(-c2ccco2)n[nH]1)N1CCN(c2ccccc2)CC1. The summed E-state index contributed by atoms with van der Waals surface area (Å²) in [7, 11) is 0. The molecule has 0 spiro atoms.